The Morgan fingerprint density at radius 3 is 1.74 bits per heavy atom. The van der Waals surface area contributed by atoms with Crippen molar-refractivity contribution in [1.29, 1.82) is 0 Å². The molecule has 10 heteroatoms. The summed E-state index contributed by atoms with van der Waals surface area (Å²) in [6.07, 6.45) is 0.278. The largest absolute Gasteiger partial charge is 0.466 e. The molecule has 8 nitrogen and oxygen atoms in total. The zero-order chi connectivity index (χ0) is 25.5. The molecule has 2 rings (SSSR count). The minimum atomic E-state index is -0.516. The summed E-state index contributed by atoms with van der Waals surface area (Å²) < 4.78 is 9.71. The van der Waals surface area contributed by atoms with Crippen LogP contribution in [0.15, 0.2) is 48.5 Å². The maximum absolute atomic E-state index is 11.4. The SMILES string of the molecule is CCOC(=O)CC(CN)c1cccc(Cl)c1.CCOC(=O)CC(C[N+](=O)[O-])c1cccc(Cl)c1. The number of benzene rings is 2. The van der Waals surface area contributed by atoms with Gasteiger partial charge in [-0.25, -0.2) is 0 Å². The number of ether oxygens (including phenoxy) is 2. The Kier molecular flexibility index (Phi) is 13.8. The number of nitrogens with two attached hydrogens (primary N) is 1. The first kappa shape index (κ1) is 29.4. The number of esters is 2. The first-order valence-corrected chi connectivity index (χ1v) is 11.6. The zero-order valence-corrected chi connectivity index (χ0v) is 20.8. The number of halogens is 2. The summed E-state index contributed by atoms with van der Waals surface area (Å²) >= 11 is 11.7. The molecule has 34 heavy (non-hydrogen) atoms. The number of hydrogen-bond acceptors (Lipinski definition) is 7. The highest BCUT2D eigenvalue weighted by Crippen LogP contribution is 2.24. The number of carbonyl (C=O) groups excluding carboxylic acids is 2. The van der Waals surface area contributed by atoms with E-state index in [-0.39, 0.29) is 31.5 Å². The lowest BCUT2D eigenvalue weighted by molar-refractivity contribution is -0.483. The highest BCUT2D eigenvalue weighted by atomic mass is 35.5. The molecule has 0 radical (unpaired) electrons. The number of carbonyl (C=O) groups is 2. The van der Waals surface area contributed by atoms with Gasteiger partial charge in [0.05, 0.1) is 32.0 Å². The van der Waals surface area contributed by atoms with Crippen molar-refractivity contribution < 1.29 is 24.0 Å². The Morgan fingerprint density at radius 1 is 0.912 bits per heavy atom. The van der Waals surface area contributed by atoms with Crippen molar-refractivity contribution in [2.75, 3.05) is 26.3 Å². The smallest absolute Gasteiger partial charge is 0.306 e. The van der Waals surface area contributed by atoms with Crippen molar-refractivity contribution in [1.82, 2.24) is 0 Å². The van der Waals surface area contributed by atoms with Crippen LogP contribution in [0.25, 0.3) is 0 Å². The van der Waals surface area contributed by atoms with E-state index in [1.54, 1.807) is 44.2 Å². The van der Waals surface area contributed by atoms with Crippen molar-refractivity contribution in [3.63, 3.8) is 0 Å². The molecule has 0 spiro atoms. The Labute approximate surface area is 209 Å². The number of rotatable bonds is 11. The van der Waals surface area contributed by atoms with Crippen molar-refractivity contribution in [3.8, 4) is 0 Å². The summed E-state index contributed by atoms with van der Waals surface area (Å²) in [5.41, 5.74) is 7.30. The Morgan fingerprint density at radius 2 is 1.35 bits per heavy atom. The molecule has 2 aromatic carbocycles. The predicted octanol–water partition coefficient (Wildman–Crippen LogP) is 4.99. The van der Waals surface area contributed by atoms with Crippen LogP contribution in [0.2, 0.25) is 10.0 Å². The molecule has 2 N–H and O–H groups in total. The quantitative estimate of drug-likeness (QED) is 0.255. The molecule has 0 aliphatic heterocycles. The summed E-state index contributed by atoms with van der Waals surface area (Å²) in [6.45, 7) is 4.22. The molecule has 0 fully saturated rings. The van der Waals surface area contributed by atoms with E-state index in [1.807, 2.05) is 18.2 Å². The molecule has 0 aromatic heterocycles. The van der Waals surface area contributed by atoms with Gasteiger partial charge in [0.15, 0.2) is 0 Å². The molecule has 2 unspecified atom stereocenters. The summed E-state index contributed by atoms with van der Waals surface area (Å²) in [5.74, 6) is -1.21. The third-order valence-electron chi connectivity index (χ3n) is 4.73. The fraction of sp³-hybridized carbons (Fsp3) is 0.417. The second-order valence-electron chi connectivity index (χ2n) is 7.27. The number of nitro groups is 1. The van der Waals surface area contributed by atoms with Crippen LogP contribution in [-0.2, 0) is 19.1 Å². The van der Waals surface area contributed by atoms with Crippen LogP contribution in [0.4, 0.5) is 0 Å². The lowest BCUT2D eigenvalue weighted by Crippen LogP contribution is -2.18. The summed E-state index contributed by atoms with van der Waals surface area (Å²) in [4.78, 5) is 33.0. The molecule has 0 aliphatic rings. The second-order valence-corrected chi connectivity index (χ2v) is 8.15. The molecule has 0 bridgehead atoms. The summed E-state index contributed by atoms with van der Waals surface area (Å²) in [7, 11) is 0. The second kappa shape index (κ2) is 16.0. The van der Waals surface area contributed by atoms with Crippen LogP contribution < -0.4 is 5.73 Å². The zero-order valence-electron chi connectivity index (χ0n) is 19.2. The van der Waals surface area contributed by atoms with Gasteiger partial charge >= 0.3 is 11.9 Å². The fourth-order valence-electron chi connectivity index (χ4n) is 3.17. The van der Waals surface area contributed by atoms with Gasteiger partial charge in [-0.2, -0.15) is 0 Å². The molecule has 0 aliphatic carbocycles. The first-order chi connectivity index (χ1) is 16.2. The number of nitrogens with zero attached hydrogens (tertiary/aromatic N) is 1. The van der Waals surface area contributed by atoms with Crippen LogP contribution >= 0.6 is 23.2 Å². The Hall–Kier alpha value is -2.68. The Bertz CT molecular complexity index is 941. The van der Waals surface area contributed by atoms with Gasteiger partial charge in [-0.05, 0) is 55.8 Å². The van der Waals surface area contributed by atoms with Gasteiger partial charge < -0.3 is 15.2 Å². The lowest BCUT2D eigenvalue weighted by Gasteiger charge is -2.14. The molecular formula is C24H30Cl2N2O6. The van der Waals surface area contributed by atoms with Gasteiger partial charge in [0.1, 0.15) is 0 Å². The third-order valence-corrected chi connectivity index (χ3v) is 5.20. The normalized spacial score (nSPS) is 12.0. The minimum absolute atomic E-state index is 0.0187. The van der Waals surface area contributed by atoms with E-state index in [1.165, 1.54) is 0 Å². The molecule has 2 atom stereocenters. The molecule has 0 saturated heterocycles. The Balaban J connectivity index is 0.000000342. The number of hydrogen-bond donors (Lipinski definition) is 1. The molecule has 0 amide bonds. The van der Waals surface area contributed by atoms with E-state index in [2.05, 4.69) is 0 Å². The lowest BCUT2D eigenvalue weighted by atomic mass is 9.96. The minimum Gasteiger partial charge on any atom is -0.466 e. The third kappa shape index (κ3) is 11.4. The van der Waals surface area contributed by atoms with E-state index in [0.29, 0.717) is 35.2 Å². The van der Waals surface area contributed by atoms with Crippen LogP contribution in [0.1, 0.15) is 49.7 Å². The first-order valence-electron chi connectivity index (χ1n) is 10.8. The highest BCUT2D eigenvalue weighted by molar-refractivity contribution is 6.30. The van der Waals surface area contributed by atoms with Crippen LogP contribution in [0.3, 0.4) is 0 Å². The molecule has 0 heterocycles. The fourth-order valence-corrected chi connectivity index (χ4v) is 3.57. The highest BCUT2D eigenvalue weighted by Gasteiger charge is 2.22. The molecular weight excluding hydrogens is 483 g/mol. The van der Waals surface area contributed by atoms with Crippen molar-refractivity contribution >= 4 is 35.1 Å². The van der Waals surface area contributed by atoms with E-state index < -0.39 is 16.8 Å². The van der Waals surface area contributed by atoms with Crippen LogP contribution in [0.5, 0.6) is 0 Å². The van der Waals surface area contributed by atoms with Crippen molar-refractivity contribution in [2.45, 2.75) is 38.5 Å². The van der Waals surface area contributed by atoms with Crippen LogP contribution in [-0.4, -0.2) is 43.2 Å². The van der Waals surface area contributed by atoms with Gasteiger partial charge in [0.25, 0.3) is 0 Å². The van der Waals surface area contributed by atoms with Crippen molar-refractivity contribution in [3.05, 3.63) is 79.8 Å². The van der Waals surface area contributed by atoms with E-state index in [0.717, 1.165) is 5.56 Å². The summed E-state index contributed by atoms with van der Waals surface area (Å²) in [6, 6.07) is 14.1. The molecule has 0 saturated carbocycles. The van der Waals surface area contributed by atoms with Crippen LogP contribution in [0, 0.1) is 10.1 Å². The predicted molar refractivity (Wildman–Crippen MR) is 132 cm³/mol. The topological polar surface area (TPSA) is 122 Å². The molecule has 186 valence electrons. The molecule has 2 aromatic rings. The van der Waals surface area contributed by atoms with E-state index >= 15 is 0 Å². The van der Waals surface area contributed by atoms with Gasteiger partial charge in [-0.15, -0.1) is 0 Å². The average Bonchev–Trinajstić information content (AvgIpc) is 2.77. The van der Waals surface area contributed by atoms with E-state index in [9.17, 15) is 19.7 Å². The summed E-state index contributed by atoms with van der Waals surface area (Å²) in [5, 5.41) is 11.8. The van der Waals surface area contributed by atoms with E-state index in [4.69, 9.17) is 38.4 Å². The van der Waals surface area contributed by atoms with Gasteiger partial charge in [-0.3, -0.25) is 19.7 Å². The standard InChI is InChI=1S/C12H14ClNO4.C12H16ClNO2/c1-2-18-12(15)7-10(8-14(16)17)9-4-3-5-11(13)6-9;1-2-16-12(15)7-10(8-14)9-4-3-5-11(13)6-9/h3-6,10H,2,7-8H2,1H3;3-6,10H,2,7-8,14H2,1H3. The van der Waals surface area contributed by atoms with Gasteiger partial charge in [-0.1, -0.05) is 47.5 Å². The maximum atomic E-state index is 11.4. The van der Waals surface area contributed by atoms with Gasteiger partial charge in [0, 0.05) is 20.9 Å². The monoisotopic (exact) mass is 512 g/mol. The van der Waals surface area contributed by atoms with Gasteiger partial charge in [0.2, 0.25) is 6.54 Å². The maximum Gasteiger partial charge on any atom is 0.306 e. The average molecular weight is 513 g/mol. The van der Waals surface area contributed by atoms with Crippen molar-refractivity contribution in [2.24, 2.45) is 5.73 Å².